The van der Waals surface area contributed by atoms with E-state index in [-0.39, 0.29) is 0 Å². The summed E-state index contributed by atoms with van der Waals surface area (Å²) in [5.74, 6) is 0.921. The van der Waals surface area contributed by atoms with Crippen molar-refractivity contribution in [2.75, 3.05) is 0 Å². The Hall–Kier alpha value is -1.84. The van der Waals surface area contributed by atoms with Crippen molar-refractivity contribution in [3.8, 4) is 0 Å². The van der Waals surface area contributed by atoms with E-state index in [0.717, 1.165) is 29.3 Å². The fourth-order valence-corrected chi connectivity index (χ4v) is 3.53. The van der Waals surface area contributed by atoms with E-state index in [0.29, 0.717) is 11.0 Å². The number of benzene rings is 1. The van der Waals surface area contributed by atoms with Gasteiger partial charge in [-0.15, -0.1) is 0 Å². The van der Waals surface area contributed by atoms with Gasteiger partial charge in [0.25, 0.3) is 0 Å². The number of aryl methyl sites for hydroxylation is 1. The number of aromatic carboxylic acids is 1. The van der Waals surface area contributed by atoms with E-state index in [2.05, 4.69) is 9.55 Å². The van der Waals surface area contributed by atoms with Crippen molar-refractivity contribution in [1.29, 1.82) is 0 Å². The van der Waals surface area contributed by atoms with Crippen molar-refractivity contribution < 1.29 is 9.90 Å². The number of nitrogens with zero attached hydrogens (tertiary/aromatic N) is 2. The number of carboxylic acid groups (broad SMARTS) is 1. The standard InChI is InChI=1S/C16H18N2O2/c1-10-17-13-4-2-3-12(15(19)20)14(13)18(10)9-16(7-8-16)11-5-6-11/h2-4,11H,5-9H2,1H3,(H,19,20). The summed E-state index contributed by atoms with van der Waals surface area (Å²) in [6, 6.07) is 5.36. The van der Waals surface area contributed by atoms with E-state index in [9.17, 15) is 9.90 Å². The number of hydrogen-bond acceptors (Lipinski definition) is 2. The average molecular weight is 270 g/mol. The Bertz CT molecular complexity index is 709. The Morgan fingerprint density at radius 3 is 2.80 bits per heavy atom. The van der Waals surface area contributed by atoms with E-state index in [1.165, 1.54) is 25.7 Å². The summed E-state index contributed by atoms with van der Waals surface area (Å²) in [6.07, 6.45) is 5.26. The molecular formula is C16H18N2O2. The first-order valence-electron chi connectivity index (χ1n) is 7.30. The molecule has 0 unspecified atom stereocenters. The van der Waals surface area contributed by atoms with Crippen LogP contribution in [0.2, 0.25) is 0 Å². The Morgan fingerprint density at radius 1 is 1.45 bits per heavy atom. The van der Waals surface area contributed by atoms with Crippen LogP contribution in [0.3, 0.4) is 0 Å². The lowest BCUT2D eigenvalue weighted by atomic mass is 10.0. The van der Waals surface area contributed by atoms with Crippen LogP contribution in [-0.4, -0.2) is 20.6 Å². The molecule has 4 rings (SSSR count). The lowest BCUT2D eigenvalue weighted by Gasteiger charge is -2.17. The number of carbonyl (C=O) groups is 1. The van der Waals surface area contributed by atoms with Gasteiger partial charge in [0.1, 0.15) is 5.82 Å². The predicted molar refractivity (Wildman–Crippen MR) is 75.8 cm³/mol. The average Bonchev–Trinajstić information content (AvgIpc) is 3.29. The molecule has 0 bridgehead atoms. The van der Waals surface area contributed by atoms with Gasteiger partial charge in [-0.25, -0.2) is 9.78 Å². The highest BCUT2D eigenvalue weighted by Crippen LogP contribution is 2.62. The first-order valence-corrected chi connectivity index (χ1v) is 7.30. The zero-order valence-electron chi connectivity index (χ0n) is 11.6. The van der Waals surface area contributed by atoms with Gasteiger partial charge in [-0.2, -0.15) is 0 Å². The molecule has 0 saturated heterocycles. The summed E-state index contributed by atoms with van der Waals surface area (Å²) < 4.78 is 2.14. The fourth-order valence-electron chi connectivity index (χ4n) is 3.53. The molecule has 2 aliphatic carbocycles. The molecule has 0 amide bonds. The highest BCUT2D eigenvalue weighted by atomic mass is 16.4. The predicted octanol–water partition coefficient (Wildman–Crippen LogP) is 3.23. The summed E-state index contributed by atoms with van der Waals surface area (Å²) >= 11 is 0. The van der Waals surface area contributed by atoms with Gasteiger partial charge in [-0.3, -0.25) is 0 Å². The van der Waals surface area contributed by atoms with Gasteiger partial charge >= 0.3 is 5.97 Å². The van der Waals surface area contributed by atoms with Crippen LogP contribution in [-0.2, 0) is 6.54 Å². The number of hydrogen-bond donors (Lipinski definition) is 1. The first-order chi connectivity index (χ1) is 9.61. The van der Waals surface area contributed by atoms with Gasteiger partial charge in [0.15, 0.2) is 0 Å². The number of para-hydroxylation sites is 1. The Kier molecular flexibility index (Phi) is 2.29. The van der Waals surface area contributed by atoms with Crippen LogP contribution >= 0.6 is 0 Å². The summed E-state index contributed by atoms with van der Waals surface area (Å²) in [6.45, 7) is 2.92. The summed E-state index contributed by atoms with van der Waals surface area (Å²) in [4.78, 5) is 16.0. The van der Waals surface area contributed by atoms with Crippen molar-refractivity contribution in [2.45, 2.75) is 39.2 Å². The topological polar surface area (TPSA) is 55.1 Å². The number of carboxylic acids is 1. The highest BCUT2D eigenvalue weighted by molar-refractivity contribution is 6.01. The maximum atomic E-state index is 11.5. The van der Waals surface area contributed by atoms with Gasteiger partial charge in [-0.1, -0.05) is 6.07 Å². The maximum Gasteiger partial charge on any atom is 0.337 e. The zero-order chi connectivity index (χ0) is 13.9. The molecule has 0 radical (unpaired) electrons. The van der Waals surface area contributed by atoms with Crippen molar-refractivity contribution >= 4 is 17.0 Å². The second kappa shape index (κ2) is 3.84. The zero-order valence-corrected chi connectivity index (χ0v) is 11.6. The van der Waals surface area contributed by atoms with Gasteiger partial charge in [0.05, 0.1) is 16.6 Å². The molecule has 4 nitrogen and oxygen atoms in total. The molecule has 2 fully saturated rings. The Balaban J connectivity index is 1.85. The lowest BCUT2D eigenvalue weighted by molar-refractivity contribution is 0.0698. The van der Waals surface area contributed by atoms with Crippen LogP contribution in [0.4, 0.5) is 0 Å². The lowest BCUT2D eigenvalue weighted by Crippen LogP contribution is -2.16. The van der Waals surface area contributed by atoms with E-state index < -0.39 is 5.97 Å². The first kappa shape index (κ1) is 11.9. The van der Waals surface area contributed by atoms with Gasteiger partial charge in [0, 0.05) is 6.54 Å². The van der Waals surface area contributed by atoms with Crippen molar-refractivity contribution in [2.24, 2.45) is 11.3 Å². The van der Waals surface area contributed by atoms with Crippen LogP contribution in [0.5, 0.6) is 0 Å². The molecule has 0 atom stereocenters. The number of rotatable bonds is 4. The monoisotopic (exact) mass is 270 g/mol. The number of fused-ring (bicyclic) bond motifs is 1. The van der Waals surface area contributed by atoms with Crippen LogP contribution in [0.15, 0.2) is 18.2 Å². The van der Waals surface area contributed by atoms with Gasteiger partial charge in [0.2, 0.25) is 0 Å². The van der Waals surface area contributed by atoms with E-state index >= 15 is 0 Å². The summed E-state index contributed by atoms with van der Waals surface area (Å²) in [7, 11) is 0. The molecule has 20 heavy (non-hydrogen) atoms. The van der Waals surface area contributed by atoms with Crippen LogP contribution < -0.4 is 0 Å². The molecule has 1 N–H and O–H groups in total. The summed E-state index contributed by atoms with van der Waals surface area (Å²) in [5.41, 5.74) is 2.40. The second-order valence-electron chi connectivity index (χ2n) is 6.36. The minimum atomic E-state index is -0.868. The van der Waals surface area contributed by atoms with E-state index in [4.69, 9.17) is 0 Å². The third-order valence-corrected chi connectivity index (χ3v) is 5.00. The second-order valence-corrected chi connectivity index (χ2v) is 6.36. The normalized spacial score (nSPS) is 20.2. The largest absolute Gasteiger partial charge is 0.478 e. The Morgan fingerprint density at radius 2 is 2.20 bits per heavy atom. The third kappa shape index (κ3) is 1.67. The molecule has 0 spiro atoms. The quantitative estimate of drug-likeness (QED) is 0.928. The van der Waals surface area contributed by atoms with Crippen molar-refractivity contribution in [1.82, 2.24) is 9.55 Å². The molecule has 2 aliphatic rings. The third-order valence-electron chi connectivity index (χ3n) is 5.00. The molecule has 104 valence electrons. The fraction of sp³-hybridized carbons (Fsp3) is 0.500. The van der Waals surface area contributed by atoms with E-state index in [1.54, 1.807) is 12.1 Å². The minimum Gasteiger partial charge on any atom is -0.478 e. The smallest absolute Gasteiger partial charge is 0.337 e. The molecule has 1 aromatic carbocycles. The van der Waals surface area contributed by atoms with E-state index in [1.807, 2.05) is 13.0 Å². The molecule has 4 heteroatoms. The molecule has 1 heterocycles. The Labute approximate surface area is 117 Å². The molecule has 2 aromatic rings. The van der Waals surface area contributed by atoms with Crippen molar-refractivity contribution in [3.05, 3.63) is 29.6 Å². The van der Waals surface area contributed by atoms with Crippen LogP contribution in [0, 0.1) is 18.3 Å². The minimum absolute atomic E-state index is 0.370. The van der Waals surface area contributed by atoms with Crippen LogP contribution in [0.1, 0.15) is 41.9 Å². The molecular weight excluding hydrogens is 252 g/mol. The van der Waals surface area contributed by atoms with Crippen molar-refractivity contribution in [3.63, 3.8) is 0 Å². The highest BCUT2D eigenvalue weighted by Gasteiger charge is 2.54. The van der Waals surface area contributed by atoms with Gasteiger partial charge < -0.3 is 9.67 Å². The summed E-state index contributed by atoms with van der Waals surface area (Å²) in [5, 5.41) is 9.41. The number of aromatic nitrogens is 2. The SMILES string of the molecule is Cc1nc2cccc(C(=O)O)c2n1CC1(C2CC2)CC1. The van der Waals surface area contributed by atoms with Gasteiger partial charge in [-0.05, 0) is 56.1 Å². The molecule has 1 aromatic heterocycles. The molecule has 2 saturated carbocycles. The number of imidazole rings is 1. The van der Waals surface area contributed by atoms with Crippen LogP contribution in [0.25, 0.3) is 11.0 Å². The molecule has 0 aliphatic heterocycles. The maximum absolute atomic E-state index is 11.5.